The third kappa shape index (κ3) is 39.8. The third-order valence-electron chi connectivity index (χ3n) is 7.24. The van der Waals surface area contributed by atoms with Crippen molar-refractivity contribution in [1.29, 1.82) is 0 Å². The lowest BCUT2D eigenvalue weighted by Gasteiger charge is -2.35. The molecule has 0 aromatic rings. The van der Waals surface area contributed by atoms with Gasteiger partial charge in [0.05, 0.1) is 62.6 Å². The summed E-state index contributed by atoms with van der Waals surface area (Å²) in [6.07, 6.45) is -0.478. The van der Waals surface area contributed by atoms with E-state index in [1.165, 1.54) is 0 Å². The predicted octanol–water partition coefficient (Wildman–Crippen LogP) is 8.26. The highest BCUT2D eigenvalue weighted by molar-refractivity contribution is 8.43. The lowest BCUT2D eigenvalue weighted by Crippen LogP contribution is -2.47. The molecule has 65 heavy (non-hydrogen) atoms. The molecule has 368 valence electrons. The van der Waals surface area contributed by atoms with Crippen LogP contribution in [0.2, 0.25) is 0 Å². The van der Waals surface area contributed by atoms with E-state index >= 15 is 0 Å². The Morgan fingerprint density at radius 3 is 0.600 bits per heavy atom. The highest BCUT2D eigenvalue weighted by Gasteiger charge is 2.41. The van der Waals surface area contributed by atoms with E-state index in [9.17, 15) is 28.8 Å². The van der Waals surface area contributed by atoms with Gasteiger partial charge in [-0.25, -0.2) is 0 Å². The van der Waals surface area contributed by atoms with Crippen LogP contribution in [0.1, 0.15) is 38.5 Å². The number of hydrogen-bond acceptors (Lipinski definition) is 25. The number of thiol groups is 6. The Kier molecular flexibility index (Phi) is 41.0. The lowest BCUT2D eigenvalue weighted by molar-refractivity contribution is -0.174. The largest absolute Gasteiger partial charge is 0.465 e. The third-order valence-corrected chi connectivity index (χ3v) is 15.6. The van der Waals surface area contributed by atoms with Crippen LogP contribution in [0.5, 0.6) is 0 Å². The number of carbonyl (C=O) groups is 6. The maximum absolute atomic E-state index is 13.0. The molecule has 0 saturated heterocycles. The Labute approximate surface area is 469 Å². The zero-order valence-corrected chi connectivity index (χ0v) is 49.2. The summed E-state index contributed by atoms with van der Waals surface area (Å²) in [5, 5.41) is 0. The van der Waals surface area contributed by atoms with Crippen molar-refractivity contribution in [2.45, 2.75) is 38.5 Å². The number of ether oxygens (including phenoxy) is 7. The van der Waals surface area contributed by atoms with Crippen molar-refractivity contribution >= 4 is 277 Å². The van der Waals surface area contributed by atoms with Crippen LogP contribution >= 0.6 is 220 Å². The maximum atomic E-state index is 13.0. The number of thiocarbonyl (C=S) groups is 6. The number of esters is 6. The molecule has 0 aliphatic carbocycles. The van der Waals surface area contributed by atoms with Gasteiger partial charge in [-0.05, 0) is 0 Å². The summed E-state index contributed by atoms with van der Waals surface area (Å²) in [6, 6.07) is 0. The van der Waals surface area contributed by atoms with Crippen LogP contribution in [0.25, 0.3) is 0 Å². The summed E-state index contributed by atoms with van der Waals surface area (Å²) >= 11 is 61.1. The topological polar surface area (TPSA) is 167 Å². The van der Waals surface area contributed by atoms with Crippen molar-refractivity contribution in [3.8, 4) is 0 Å². The molecular formula is C34H46O13S18. The molecule has 0 fully saturated rings. The van der Waals surface area contributed by atoms with Gasteiger partial charge in [0.25, 0.3) is 0 Å². The average molecular weight is 1240 g/mol. The first-order valence-electron chi connectivity index (χ1n) is 18.2. The maximum Gasteiger partial charge on any atom is 0.306 e. The van der Waals surface area contributed by atoms with E-state index in [1.54, 1.807) is 0 Å². The fourth-order valence-corrected chi connectivity index (χ4v) is 9.95. The number of rotatable bonds is 34. The Morgan fingerprint density at radius 2 is 0.462 bits per heavy atom. The second-order valence-corrected chi connectivity index (χ2v) is 29.6. The summed E-state index contributed by atoms with van der Waals surface area (Å²) in [5.41, 5.74) is -3.12. The van der Waals surface area contributed by atoms with Gasteiger partial charge in [0, 0.05) is 34.5 Å². The van der Waals surface area contributed by atoms with Crippen molar-refractivity contribution in [3.63, 3.8) is 0 Å². The van der Waals surface area contributed by atoms with Crippen molar-refractivity contribution in [1.82, 2.24) is 0 Å². The lowest BCUT2D eigenvalue weighted by atomic mass is 9.90. The van der Waals surface area contributed by atoms with Crippen LogP contribution in [0, 0.1) is 10.8 Å². The molecule has 0 amide bonds. The molecule has 0 aliphatic rings. The van der Waals surface area contributed by atoms with Gasteiger partial charge in [0.1, 0.15) is 60.8 Å². The van der Waals surface area contributed by atoms with Gasteiger partial charge in [0.2, 0.25) is 0 Å². The molecule has 0 atom stereocenters. The Hall–Kier alpha value is 1.52. The SMILES string of the molecule is O=C(CCSC(=S)S)OCC(COCC(COC(=O)CCSC(=S)S)(COC(=O)CCSC(=S)S)COC(=O)CCSC(=S)S)(COC(=O)CCSC(=S)S)COC(=O)CCSC(=S)S. The molecule has 0 spiro atoms. The molecule has 0 rings (SSSR count). The van der Waals surface area contributed by atoms with E-state index in [0.29, 0.717) is 21.2 Å². The first-order chi connectivity index (χ1) is 30.6. The van der Waals surface area contributed by atoms with E-state index in [0.717, 1.165) is 70.6 Å². The molecule has 0 heterocycles. The minimum atomic E-state index is -1.56. The highest BCUT2D eigenvalue weighted by atomic mass is 32.2. The van der Waals surface area contributed by atoms with E-state index < -0.39 is 99.5 Å². The van der Waals surface area contributed by atoms with E-state index in [1.807, 2.05) is 0 Å². The van der Waals surface area contributed by atoms with Crippen LogP contribution in [0.15, 0.2) is 0 Å². The molecule has 0 N–H and O–H groups in total. The van der Waals surface area contributed by atoms with Gasteiger partial charge < -0.3 is 33.2 Å². The van der Waals surface area contributed by atoms with Gasteiger partial charge >= 0.3 is 35.8 Å². The molecule has 31 heteroatoms. The summed E-state index contributed by atoms with van der Waals surface area (Å²) in [5.74, 6) is -2.44. The molecule has 13 nitrogen and oxygen atoms in total. The fraction of sp³-hybridized carbons (Fsp3) is 0.647. The summed E-state index contributed by atoms with van der Waals surface area (Å²) in [4.78, 5) is 77.9. The van der Waals surface area contributed by atoms with Crippen LogP contribution < -0.4 is 0 Å². The molecule has 0 bridgehead atoms. The second kappa shape index (κ2) is 40.1. The zero-order chi connectivity index (χ0) is 49.3. The average Bonchev–Trinajstić information content (AvgIpc) is 3.20. The smallest absolute Gasteiger partial charge is 0.306 e. The minimum absolute atomic E-state index is 0.0797. The standard InChI is InChI=1S/C34H46O13S18/c35-21(1-7-60-27(48)49)42-15-33(16-43-22(36)2-8-61-28(50)51,17-44-23(37)3-9-62-29(52)53)13-41-14-34(18-45-24(38)4-10-63-30(54)55,19-46-25(39)5-11-64-31(56)57)20-47-26(40)6-12-65-32(58)59/h1-20H2,(H,48,49)(H,50,51)(H,52,53)(H,54,55)(H,56,57)(H,58,59). The Balaban J connectivity index is 7.01. The summed E-state index contributed by atoms with van der Waals surface area (Å²) in [6.45, 7) is -3.81. The Morgan fingerprint density at radius 1 is 0.308 bits per heavy atom. The van der Waals surface area contributed by atoms with Gasteiger partial charge in [0.15, 0.2) is 0 Å². The quantitative estimate of drug-likeness (QED) is 0.0158. The first kappa shape index (κ1) is 66.5. The molecule has 0 aromatic carbocycles. The monoisotopic (exact) mass is 1240 g/mol. The minimum Gasteiger partial charge on any atom is -0.465 e. The van der Waals surface area contributed by atoms with Crippen molar-refractivity contribution in [3.05, 3.63) is 0 Å². The van der Waals surface area contributed by atoms with Gasteiger partial charge in [-0.15, -0.1) is 146 Å². The number of carbonyl (C=O) groups excluding carboxylic acids is 6. The molecule has 0 radical (unpaired) electrons. The summed E-state index contributed by atoms with van der Waals surface area (Å²) in [7, 11) is 0. The van der Waals surface area contributed by atoms with Crippen molar-refractivity contribution < 1.29 is 61.9 Å². The van der Waals surface area contributed by atoms with Crippen LogP contribution in [-0.2, 0) is 61.9 Å². The van der Waals surface area contributed by atoms with Crippen LogP contribution in [0.4, 0.5) is 0 Å². The van der Waals surface area contributed by atoms with E-state index in [4.69, 9.17) is 106 Å². The Bertz CT molecular complexity index is 1360. The van der Waals surface area contributed by atoms with E-state index in [2.05, 4.69) is 75.8 Å². The zero-order valence-electron chi connectivity index (χ0n) is 34.0. The molecular weight excluding hydrogens is 1190 g/mol. The molecule has 0 unspecified atom stereocenters. The second-order valence-electron chi connectivity index (χ2n) is 12.6. The fourth-order valence-electron chi connectivity index (χ4n) is 4.15. The molecule has 0 aromatic heterocycles. The molecule has 0 saturated carbocycles. The van der Waals surface area contributed by atoms with Gasteiger partial charge in [-0.1, -0.05) is 73.3 Å². The van der Waals surface area contributed by atoms with Crippen molar-refractivity contribution in [2.24, 2.45) is 10.8 Å². The van der Waals surface area contributed by atoms with Crippen molar-refractivity contribution in [2.75, 3.05) is 87.4 Å². The predicted molar refractivity (Wildman–Crippen MR) is 313 cm³/mol. The molecule has 0 aliphatic heterocycles. The highest BCUT2D eigenvalue weighted by Crippen LogP contribution is 2.28. The van der Waals surface area contributed by atoms with Crippen LogP contribution in [0.3, 0.4) is 0 Å². The summed E-state index contributed by atoms with van der Waals surface area (Å²) < 4.78 is 42.2. The normalized spacial score (nSPS) is 11.2. The van der Waals surface area contributed by atoms with Gasteiger partial charge in [-0.2, -0.15) is 0 Å². The van der Waals surface area contributed by atoms with Gasteiger partial charge in [-0.3, -0.25) is 28.8 Å². The van der Waals surface area contributed by atoms with Crippen LogP contribution in [-0.4, -0.2) is 144 Å². The number of thioether (sulfide) groups is 6. The first-order valence-corrected chi connectivity index (χ1v) is 29.3. The number of hydrogen-bond donors (Lipinski definition) is 6. The van der Waals surface area contributed by atoms with E-state index in [-0.39, 0.29) is 73.0 Å².